The number of hydrogen-bond acceptors (Lipinski definition) is 7. The zero-order valence-corrected chi connectivity index (χ0v) is 16.8. The van der Waals surface area contributed by atoms with Crippen molar-refractivity contribution >= 4 is 39.1 Å². The fourth-order valence-corrected chi connectivity index (χ4v) is 4.42. The molecule has 0 aliphatic carbocycles. The smallest absolute Gasteiger partial charge is 0.267 e. The van der Waals surface area contributed by atoms with E-state index in [9.17, 15) is 4.79 Å². The number of rotatable bonds is 3. The molecule has 0 saturated carbocycles. The highest BCUT2D eigenvalue weighted by Crippen LogP contribution is 2.32. The first-order chi connectivity index (χ1) is 15.3. The van der Waals surface area contributed by atoms with E-state index in [2.05, 4.69) is 20.6 Å². The highest BCUT2D eigenvalue weighted by Gasteiger charge is 2.17. The molecule has 0 bridgehead atoms. The predicted octanol–water partition coefficient (Wildman–Crippen LogP) is 3.52. The summed E-state index contributed by atoms with van der Waals surface area (Å²) in [6, 6.07) is 24.7. The van der Waals surface area contributed by atoms with E-state index in [-0.39, 0.29) is 5.56 Å². The molecule has 0 aliphatic heterocycles. The summed E-state index contributed by atoms with van der Waals surface area (Å²) in [5.41, 5.74) is 1.79. The highest BCUT2D eigenvalue weighted by atomic mass is 32.2. The van der Waals surface area contributed by atoms with Crippen molar-refractivity contribution in [1.29, 1.82) is 0 Å². The van der Waals surface area contributed by atoms with Crippen LogP contribution in [0.4, 0.5) is 0 Å². The molecule has 0 saturated heterocycles. The van der Waals surface area contributed by atoms with Crippen LogP contribution < -0.4 is 5.56 Å². The van der Waals surface area contributed by atoms with E-state index in [1.807, 2.05) is 72.8 Å². The Labute approximate surface area is 179 Å². The van der Waals surface area contributed by atoms with Crippen LogP contribution in [0.15, 0.2) is 93.8 Å². The van der Waals surface area contributed by atoms with Gasteiger partial charge >= 0.3 is 0 Å². The summed E-state index contributed by atoms with van der Waals surface area (Å²) in [6.07, 6.45) is 0. The average Bonchev–Trinajstić information content (AvgIpc) is 3.29. The van der Waals surface area contributed by atoms with E-state index >= 15 is 0 Å². The molecule has 0 fully saturated rings. The van der Waals surface area contributed by atoms with Crippen LogP contribution in [0.1, 0.15) is 0 Å². The summed E-state index contributed by atoms with van der Waals surface area (Å²) < 4.78 is 3.01. The second kappa shape index (κ2) is 6.99. The van der Waals surface area contributed by atoms with Gasteiger partial charge in [-0.3, -0.25) is 4.79 Å². The molecular weight excluding hydrogens is 410 g/mol. The minimum atomic E-state index is -0.212. The van der Waals surface area contributed by atoms with Gasteiger partial charge in [0.05, 0.1) is 16.6 Å². The second-order valence-electron chi connectivity index (χ2n) is 6.83. The molecule has 0 aliphatic rings. The molecule has 0 atom stereocenters. The minimum absolute atomic E-state index is 0.212. The molecule has 3 aromatic carbocycles. The topological polar surface area (TPSA) is 90.9 Å². The van der Waals surface area contributed by atoms with Crippen molar-refractivity contribution in [2.75, 3.05) is 0 Å². The van der Waals surface area contributed by atoms with Crippen molar-refractivity contribution in [3.05, 3.63) is 89.2 Å². The molecule has 6 rings (SSSR count). The zero-order chi connectivity index (χ0) is 20.8. The first kappa shape index (κ1) is 17.7. The van der Waals surface area contributed by atoms with Gasteiger partial charge in [0, 0.05) is 10.8 Å². The first-order valence-electron chi connectivity index (χ1n) is 9.52. The Morgan fingerprint density at radius 1 is 0.774 bits per heavy atom. The van der Waals surface area contributed by atoms with E-state index < -0.39 is 0 Å². The summed E-state index contributed by atoms with van der Waals surface area (Å²) in [4.78, 5) is 17.9. The van der Waals surface area contributed by atoms with Gasteiger partial charge in [-0.2, -0.15) is 14.3 Å². The van der Waals surface area contributed by atoms with Gasteiger partial charge in [0.1, 0.15) is 5.03 Å². The van der Waals surface area contributed by atoms with Crippen LogP contribution in [0.3, 0.4) is 0 Å². The third-order valence-corrected chi connectivity index (χ3v) is 5.90. The quantitative estimate of drug-likeness (QED) is 0.318. The minimum Gasteiger partial charge on any atom is -0.267 e. The van der Waals surface area contributed by atoms with Crippen LogP contribution in [0, 0.1) is 0 Å². The van der Waals surface area contributed by atoms with E-state index in [0.717, 1.165) is 16.5 Å². The maximum atomic E-state index is 13.2. The molecule has 31 heavy (non-hydrogen) atoms. The Hall–Kier alpha value is -4.11. The molecule has 8 nitrogen and oxygen atoms in total. The Morgan fingerprint density at radius 3 is 2.32 bits per heavy atom. The normalized spacial score (nSPS) is 11.5. The van der Waals surface area contributed by atoms with E-state index in [1.54, 1.807) is 10.7 Å². The van der Waals surface area contributed by atoms with E-state index in [0.29, 0.717) is 26.7 Å². The molecule has 0 unspecified atom stereocenters. The highest BCUT2D eigenvalue weighted by molar-refractivity contribution is 7.99. The van der Waals surface area contributed by atoms with Crippen LogP contribution in [-0.2, 0) is 0 Å². The molecule has 0 N–H and O–H groups in total. The maximum absolute atomic E-state index is 13.2. The Kier molecular flexibility index (Phi) is 4.00. The van der Waals surface area contributed by atoms with Crippen LogP contribution in [-0.4, -0.2) is 34.8 Å². The lowest BCUT2D eigenvalue weighted by molar-refractivity contribution is 0.754. The number of tetrazole rings is 1. The Morgan fingerprint density at radius 2 is 1.48 bits per heavy atom. The summed E-state index contributed by atoms with van der Waals surface area (Å²) in [7, 11) is 0. The molecule has 9 heteroatoms. The fraction of sp³-hybridized carbons (Fsp3) is 0. The Balaban J connectivity index is 1.61. The van der Waals surface area contributed by atoms with Gasteiger partial charge in [-0.1, -0.05) is 54.6 Å². The van der Waals surface area contributed by atoms with Gasteiger partial charge < -0.3 is 0 Å². The average molecular weight is 423 g/mol. The van der Waals surface area contributed by atoms with Gasteiger partial charge in [0.15, 0.2) is 5.65 Å². The summed E-state index contributed by atoms with van der Waals surface area (Å²) in [6.45, 7) is 0. The van der Waals surface area contributed by atoms with Gasteiger partial charge in [0.25, 0.3) is 5.56 Å². The van der Waals surface area contributed by atoms with E-state index in [4.69, 9.17) is 4.98 Å². The SMILES string of the molecule is O=c1c2ccccc2nc2c3ccccc3c(Sc3nnnn3-c3ccccc3)nn12. The standard InChI is InChI=1S/C22H13N7OS/c30-21-17-12-6-7-13-18(17)23-19-15-10-4-5-11-16(15)20(25-29(19)21)31-22-24-26-27-28(22)14-8-2-1-3-9-14/h1-13H. The lowest BCUT2D eigenvalue weighted by Gasteiger charge is -2.10. The summed E-state index contributed by atoms with van der Waals surface area (Å²) in [5, 5.41) is 20.2. The summed E-state index contributed by atoms with van der Waals surface area (Å²) in [5.74, 6) is 0. The van der Waals surface area contributed by atoms with Crippen molar-refractivity contribution in [3.8, 4) is 5.69 Å². The predicted molar refractivity (Wildman–Crippen MR) is 118 cm³/mol. The molecule has 148 valence electrons. The molecule has 0 radical (unpaired) electrons. The molecule has 0 amide bonds. The molecule has 6 aromatic rings. The van der Waals surface area contributed by atoms with Crippen molar-refractivity contribution in [2.45, 2.75) is 10.2 Å². The maximum Gasteiger partial charge on any atom is 0.282 e. The van der Waals surface area contributed by atoms with Gasteiger partial charge in [-0.15, -0.1) is 5.10 Å². The zero-order valence-electron chi connectivity index (χ0n) is 16.0. The lowest BCUT2D eigenvalue weighted by atomic mass is 10.2. The van der Waals surface area contributed by atoms with Crippen molar-refractivity contribution in [3.63, 3.8) is 0 Å². The van der Waals surface area contributed by atoms with Crippen LogP contribution in [0.25, 0.3) is 33.0 Å². The van der Waals surface area contributed by atoms with Crippen LogP contribution >= 0.6 is 11.8 Å². The number of hydrogen-bond donors (Lipinski definition) is 0. The number of fused-ring (bicyclic) bond motifs is 4. The van der Waals surface area contributed by atoms with E-state index in [1.165, 1.54) is 16.3 Å². The van der Waals surface area contributed by atoms with Crippen molar-refractivity contribution in [1.82, 2.24) is 34.8 Å². The molecule has 0 spiro atoms. The second-order valence-corrected chi connectivity index (χ2v) is 7.79. The first-order valence-corrected chi connectivity index (χ1v) is 10.3. The number of benzene rings is 3. The van der Waals surface area contributed by atoms with Crippen molar-refractivity contribution in [2.24, 2.45) is 0 Å². The Bertz CT molecular complexity index is 1640. The van der Waals surface area contributed by atoms with Gasteiger partial charge in [-0.25, -0.2) is 4.98 Å². The lowest BCUT2D eigenvalue weighted by Crippen LogP contribution is -2.18. The van der Waals surface area contributed by atoms with Gasteiger partial charge in [-0.05, 0) is 46.5 Å². The van der Waals surface area contributed by atoms with Crippen LogP contribution in [0.5, 0.6) is 0 Å². The van der Waals surface area contributed by atoms with Crippen LogP contribution in [0.2, 0.25) is 0 Å². The third-order valence-electron chi connectivity index (χ3n) is 4.97. The largest absolute Gasteiger partial charge is 0.282 e. The third kappa shape index (κ3) is 2.86. The monoisotopic (exact) mass is 423 g/mol. The molecular formula is C22H13N7OS. The number of nitrogens with zero attached hydrogens (tertiary/aromatic N) is 7. The molecule has 3 heterocycles. The summed E-state index contributed by atoms with van der Waals surface area (Å²) >= 11 is 1.30. The number of para-hydroxylation sites is 2. The molecule has 3 aromatic heterocycles. The van der Waals surface area contributed by atoms with Crippen molar-refractivity contribution < 1.29 is 0 Å². The number of aromatic nitrogens is 7. The van der Waals surface area contributed by atoms with Gasteiger partial charge in [0.2, 0.25) is 5.16 Å². The fourth-order valence-electron chi connectivity index (χ4n) is 3.54.